The van der Waals surface area contributed by atoms with E-state index in [9.17, 15) is 9.18 Å². The van der Waals surface area contributed by atoms with Crippen LogP contribution in [0.15, 0.2) is 12.1 Å². The minimum absolute atomic E-state index is 0.110. The summed E-state index contributed by atoms with van der Waals surface area (Å²) in [4.78, 5) is 19.7. The number of nitrogens with one attached hydrogen (secondary N) is 1. The molecule has 27 heavy (non-hydrogen) atoms. The van der Waals surface area contributed by atoms with Crippen molar-refractivity contribution in [3.05, 3.63) is 23.5 Å². The number of hydrogen-bond donors (Lipinski definition) is 2. The number of nitrogens with zero attached hydrogens (tertiary/aromatic N) is 3. The Labute approximate surface area is 160 Å². The molecule has 1 aromatic carbocycles. The molecule has 1 aromatic rings. The van der Waals surface area contributed by atoms with Crippen molar-refractivity contribution in [3.63, 3.8) is 0 Å². The predicted octanol–water partition coefficient (Wildman–Crippen LogP) is 1.86. The van der Waals surface area contributed by atoms with Gasteiger partial charge in [-0.15, -0.1) is 0 Å². The largest absolute Gasteiger partial charge is 0.397 e. The first kappa shape index (κ1) is 18.5. The molecule has 7 heteroatoms. The van der Waals surface area contributed by atoms with Crippen LogP contribution in [-0.4, -0.2) is 67.2 Å². The fourth-order valence-corrected chi connectivity index (χ4v) is 4.97. The van der Waals surface area contributed by atoms with Crippen LogP contribution in [0.3, 0.4) is 0 Å². The lowest BCUT2D eigenvalue weighted by molar-refractivity contribution is 0.0957. The van der Waals surface area contributed by atoms with E-state index in [4.69, 9.17) is 5.73 Å². The number of anilines is 2. The van der Waals surface area contributed by atoms with Crippen LogP contribution in [0.5, 0.6) is 0 Å². The fourth-order valence-electron chi connectivity index (χ4n) is 4.97. The van der Waals surface area contributed by atoms with Gasteiger partial charge in [0.2, 0.25) is 0 Å². The van der Waals surface area contributed by atoms with Gasteiger partial charge >= 0.3 is 0 Å². The summed E-state index contributed by atoms with van der Waals surface area (Å²) in [6.07, 6.45) is 5.12. The third-order valence-corrected chi connectivity index (χ3v) is 6.30. The lowest BCUT2D eigenvalue weighted by atomic mass is 10.1. The Balaban J connectivity index is 1.60. The van der Waals surface area contributed by atoms with Crippen LogP contribution in [0.1, 0.15) is 43.0 Å². The molecule has 6 nitrogen and oxygen atoms in total. The number of amides is 1. The lowest BCUT2D eigenvalue weighted by Gasteiger charge is -2.41. The summed E-state index contributed by atoms with van der Waals surface area (Å²) in [5, 5.41) is 2.87. The second-order valence-electron chi connectivity index (χ2n) is 8.01. The molecule has 3 aliphatic rings. The molecule has 0 aromatic heterocycles. The first-order valence-electron chi connectivity index (χ1n) is 10.2. The Kier molecular flexibility index (Phi) is 5.23. The van der Waals surface area contributed by atoms with E-state index in [2.05, 4.69) is 26.9 Å². The average molecular weight is 375 g/mol. The number of carbonyl (C=O) groups excluding carboxylic acids is 1. The molecule has 2 fully saturated rings. The van der Waals surface area contributed by atoms with Gasteiger partial charge < -0.3 is 20.9 Å². The Morgan fingerprint density at radius 2 is 2.00 bits per heavy atom. The molecule has 3 aliphatic heterocycles. The van der Waals surface area contributed by atoms with Gasteiger partial charge in [0.05, 0.1) is 23.1 Å². The number of likely N-dealkylation sites (tertiary alicyclic amines) is 2. The van der Waals surface area contributed by atoms with Gasteiger partial charge in [0.15, 0.2) is 0 Å². The summed E-state index contributed by atoms with van der Waals surface area (Å²) in [5.41, 5.74) is 7.53. The van der Waals surface area contributed by atoms with Gasteiger partial charge in [0.1, 0.15) is 5.82 Å². The van der Waals surface area contributed by atoms with Crippen LogP contribution in [-0.2, 0) is 0 Å². The van der Waals surface area contributed by atoms with E-state index in [-0.39, 0.29) is 12.1 Å². The maximum atomic E-state index is 13.9. The fraction of sp³-hybridized carbons (Fsp3) is 0.650. The SMILES string of the molecule is CC(N1CCNC(=O)c2cc(F)cc(N)c21)N1CCC[C@H]1CN1CCCC1. The maximum Gasteiger partial charge on any atom is 0.253 e. The molecule has 4 rings (SSSR count). The van der Waals surface area contributed by atoms with Crippen molar-refractivity contribution in [2.75, 3.05) is 49.9 Å². The van der Waals surface area contributed by atoms with Crippen molar-refractivity contribution in [1.29, 1.82) is 0 Å². The zero-order valence-corrected chi connectivity index (χ0v) is 16.1. The first-order chi connectivity index (χ1) is 13.0. The zero-order chi connectivity index (χ0) is 19.0. The highest BCUT2D eigenvalue weighted by Crippen LogP contribution is 2.34. The highest BCUT2D eigenvalue weighted by molar-refractivity contribution is 6.03. The number of fused-ring (bicyclic) bond motifs is 1. The molecule has 0 spiro atoms. The number of carbonyl (C=O) groups is 1. The van der Waals surface area contributed by atoms with Gasteiger partial charge in [-0.1, -0.05) is 0 Å². The molecule has 3 heterocycles. The quantitative estimate of drug-likeness (QED) is 0.787. The van der Waals surface area contributed by atoms with Crippen molar-refractivity contribution in [2.24, 2.45) is 0 Å². The Hall–Kier alpha value is -1.86. The molecule has 0 saturated carbocycles. The van der Waals surface area contributed by atoms with Gasteiger partial charge in [-0.25, -0.2) is 4.39 Å². The standard InChI is InChI=1S/C20H30FN5O/c1-14(25-9-4-5-16(25)13-24-7-2-3-8-24)26-10-6-23-20(27)17-11-15(21)12-18(22)19(17)26/h11-12,14,16H,2-10,13,22H2,1H3,(H,23,27)/t14?,16-/m0/s1. The Morgan fingerprint density at radius 3 is 2.78 bits per heavy atom. The molecular weight excluding hydrogens is 345 g/mol. The molecular formula is C20H30FN5O. The van der Waals surface area contributed by atoms with E-state index in [0.29, 0.717) is 36.1 Å². The van der Waals surface area contributed by atoms with E-state index >= 15 is 0 Å². The Bertz CT molecular complexity index is 706. The van der Waals surface area contributed by atoms with Gasteiger partial charge in [-0.3, -0.25) is 9.69 Å². The number of nitrogens with two attached hydrogens (primary N) is 1. The minimum atomic E-state index is -0.469. The van der Waals surface area contributed by atoms with Crippen LogP contribution in [0, 0.1) is 5.82 Å². The van der Waals surface area contributed by atoms with Crippen molar-refractivity contribution < 1.29 is 9.18 Å². The van der Waals surface area contributed by atoms with Gasteiger partial charge in [-0.2, -0.15) is 0 Å². The molecule has 0 radical (unpaired) electrons. The monoisotopic (exact) mass is 375 g/mol. The zero-order valence-electron chi connectivity index (χ0n) is 16.1. The predicted molar refractivity (Wildman–Crippen MR) is 105 cm³/mol. The van der Waals surface area contributed by atoms with E-state index in [1.807, 2.05) is 0 Å². The highest BCUT2D eigenvalue weighted by Gasteiger charge is 2.35. The minimum Gasteiger partial charge on any atom is -0.397 e. The molecule has 148 valence electrons. The summed E-state index contributed by atoms with van der Waals surface area (Å²) >= 11 is 0. The normalized spacial score (nSPS) is 25.3. The van der Waals surface area contributed by atoms with E-state index in [1.54, 1.807) is 0 Å². The highest BCUT2D eigenvalue weighted by atomic mass is 19.1. The number of rotatable bonds is 4. The lowest BCUT2D eigenvalue weighted by Crippen LogP contribution is -2.52. The molecule has 3 N–H and O–H groups in total. The molecule has 1 unspecified atom stereocenters. The number of nitrogen functional groups attached to an aromatic ring is 1. The topological polar surface area (TPSA) is 64.8 Å². The first-order valence-corrected chi connectivity index (χ1v) is 10.2. The van der Waals surface area contributed by atoms with Crippen LogP contribution in [0.25, 0.3) is 0 Å². The van der Waals surface area contributed by atoms with Gasteiger partial charge in [0, 0.05) is 32.2 Å². The average Bonchev–Trinajstić information content (AvgIpc) is 3.27. The summed E-state index contributed by atoms with van der Waals surface area (Å²) in [5.74, 6) is -0.718. The van der Waals surface area contributed by atoms with Crippen LogP contribution < -0.4 is 16.0 Å². The summed E-state index contributed by atoms with van der Waals surface area (Å²) in [6.45, 7) is 7.96. The second-order valence-corrected chi connectivity index (χ2v) is 8.01. The van der Waals surface area contributed by atoms with Crippen LogP contribution in [0.2, 0.25) is 0 Å². The van der Waals surface area contributed by atoms with E-state index in [0.717, 1.165) is 13.1 Å². The van der Waals surface area contributed by atoms with Crippen molar-refractivity contribution >= 4 is 17.3 Å². The number of benzene rings is 1. The number of hydrogen-bond acceptors (Lipinski definition) is 5. The molecule has 2 atom stereocenters. The number of halogens is 1. The second kappa shape index (κ2) is 7.64. The molecule has 1 amide bonds. The van der Waals surface area contributed by atoms with Crippen molar-refractivity contribution in [1.82, 2.24) is 15.1 Å². The van der Waals surface area contributed by atoms with Crippen molar-refractivity contribution in [2.45, 2.75) is 44.8 Å². The van der Waals surface area contributed by atoms with E-state index < -0.39 is 5.82 Å². The van der Waals surface area contributed by atoms with Gasteiger partial charge in [0.25, 0.3) is 5.91 Å². The third kappa shape index (κ3) is 3.62. The molecule has 0 aliphatic carbocycles. The summed E-state index contributed by atoms with van der Waals surface area (Å²) in [7, 11) is 0. The molecule has 0 bridgehead atoms. The third-order valence-electron chi connectivity index (χ3n) is 6.30. The van der Waals surface area contributed by atoms with E-state index in [1.165, 1.54) is 50.9 Å². The smallest absolute Gasteiger partial charge is 0.253 e. The maximum absolute atomic E-state index is 13.9. The van der Waals surface area contributed by atoms with Crippen LogP contribution in [0.4, 0.5) is 15.8 Å². The molecule has 2 saturated heterocycles. The van der Waals surface area contributed by atoms with Crippen LogP contribution >= 0.6 is 0 Å². The summed E-state index contributed by atoms with van der Waals surface area (Å²) in [6, 6.07) is 3.15. The van der Waals surface area contributed by atoms with Gasteiger partial charge in [-0.05, 0) is 57.8 Å². The Morgan fingerprint density at radius 1 is 1.22 bits per heavy atom. The van der Waals surface area contributed by atoms with Crippen molar-refractivity contribution in [3.8, 4) is 0 Å². The summed E-state index contributed by atoms with van der Waals surface area (Å²) < 4.78 is 13.9.